The molecule has 3 aliphatic carbocycles. The summed E-state index contributed by atoms with van der Waals surface area (Å²) in [6.45, 7) is 0. The number of para-hydroxylation sites is 1. The number of fused-ring (bicyclic) bond motifs is 4. The van der Waals surface area contributed by atoms with Crippen LogP contribution in [0.3, 0.4) is 0 Å². The fraction of sp³-hybridized carbons (Fsp3) is 0.238. The Morgan fingerprint density at radius 3 is 1.96 bits per heavy atom. The predicted octanol–water partition coefficient (Wildman–Crippen LogP) is 8.60. The van der Waals surface area contributed by atoms with Crippen LogP contribution in [0.4, 0.5) is 36.4 Å². The number of phenols is 1. The Hall–Kier alpha value is -5.85. The third kappa shape index (κ3) is 5.45. The minimum atomic E-state index is -5.26. The number of benzene rings is 4. The summed E-state index contributed by atoms with van der Waals surface area (Å²) >= 11 is 0. The van der Waals surface area contributed by atoms with Crippen LogP contribution in [0.2, 0.25) is 0 Å². The first-order valence-corrected chi connectivity index (χ1v) is 17.3. The summed E-state index contributed by atoms with van der Waals surface area (Å²) in [6, 6.07) is 20.8. The van der Waals surface area contributed by atoms with E-state index in [2.05, 4.69) is 0 Å². The molecule has 1 heterocycles. The van der Waals surface area contributed by atoms with Gasteiger partial charge in [0.1, 0.15) is 0 Å². The molecule has 55 heavy (non-hydrogen) atoms. The molecule has 6 atom stereocenters. The van der Waals surface area contributed by atoms with Gasteiger partial charge in [-0.15, -0.1) is 0 Å². The van der Waals surface area contributed by atoms with Crippen LogP contribution in [0.15, 0.2) is 115 Å². The molecular formula is C42H28F7NO5. The van der Waals surface area contributed by atoms with E-state index in [1.54, 1.807) is 66.7 Å². The summed E-state index contributed by atoms with van der Waals surface area (Å²) in [4.78, 5) is 58.7. The third-order valence-corrected chi connectivity index (χ3v) is 11.5. The molecule has 1 aliphatic heterocycles. The highest BCUT2D eigenvalue weighted by Gasteiger charge is 2.66. The van der Waals surface area contributed by atoms with Crippen LogP contribution in [-0.2, 0) is 36.9 Å². The van der Waals surface area contributed by atoms with E-state index in [9.17, 15) is 50.6 Å². The van der Waals surface area contributed by atoms with Crippen molar-refractivity contribution in [2.45, 2.75) is 36.5 Å². The van der Waals surface area contributed by atoms with Gasteiger partial charge in [-0.05, 0) is 60.2 Å². The first kappa shape index (κ1) is 36.1. The minimum Gasteiger partial charge on any atom is -0.505 e. The van der Waals surface area contributed by atoms with Gasteiger partial charge in [0.15, 0.2) is 23.1 Å². The summed E-state index contributed by atoms with van der Waals surface area (Å²) in [5, 5.41) is 11.3. The molecule has 0 bridgehead atoms. The number of alkyl halides is 6. The maximum absolute atomic E-state index is 15.3. The summed E-state index contributed by atoms with van der Waals surface area (Å²) in [5.74, 6) is -11.4. The zero-order valence-corrected chi connectivity index (χ0v) is 28.4. The molecule has 6 nitrogen and oxygen atoms in total. The Balaban J connectivity index is 1.34. The van der Waals surface area contributed by atoms with Crippen molar-refractivity contribution in [2.75, 3.05) is 4.90 Å². The van der Waals surface area contributed by atoms with Gasteiger partial charge in [-0.2, -0.15) is 26.3 Å². The van der Waals surface area contributed by atoms with Crippen LogP contribution in [0, 0.1) is 29.5 Å². The molecule has 6 unspecified atom stereocenters. The van der Waals surface area contributed by atoms with Crippen molar-refractivity contribution in [1.29, 1.82) is 0 Å². The molecule has 2 fully saturated rings. The number of amides is 2. The summed E-state index contributed by atoms with van der Waals surface area (Å²) in [5.41, 5.74) is -5.11. The van der Waals surface area contributed by atoms with Crippen molar-refractivity contribution in [3.8, 4) is 5.75 Å². The Labute approximate surface area is 308 Å². The molecule has 4 aromatic carbocycles. The number of hydrogen-bond acceptors (Lipinski definition) is 5. The van der Waals surface area contributed by atoms with Crippen molar-refractivity contribution in [2.24, 2.45) is 23.7 Å². The van der Waals surface area contributed by atoms with E-state index < -0.39 is 99.1 Å². The number of aromatic hydroxyl groups is 1. The lowest BCUT2D eigenvalue weighted by Gasteiger charge is -2.55. The van der Waals surface area contributed by atoms with E-state index in [0.717, 1.165) is 6.07 Å². The summed E-state index contributed by atoms with van der Waals surface area (Å²) < 4.78 is 98.6. The average molecular weight is 760 g/mol. The van der Waals surface area contributed by atoms with Crippen molar-refractivity contribution in [1.82, 2.24) is 0 Å². The third-order valence-electron chi connectivity index (χ3n) is 11.5. The largest absolute Gasteiger partial charge is 0.505 e. The lowest BCUT2D eigenvalue weighted by Crippen LogP contribution is -2.58. The predicted molar refractivity (Wildman–Crippen MR) is 184 cm³/mol. The van der Waals surface area contributed by atoms with Crippen LogP contribution in [0.1, 0.15) is 46.6 Å². The van der Waals surface area contributed by atoms with Gasteiger partial charge >= 0.3 is 12.4 Å². The molecule has 280 valence electrons. The summed E-state index contributed by atoms with van der Waals surface area (Å²) in [6.07, 6.45) is -8.19. The SMILES string of the molecule is O=C1C(c2ccccc2)=CC(=O)C2(c3ccccc3)C1CC1C(=CCC3C(=O)N(c4cc(C(F)(F)F)cc(C(F)(F)F)c4)C(=O)C31)C2c1cccc(F)c1O. The second kappa shape index (κ2) is 12.6. The second-order valence-corrected chi connectivity index (χ2v) is 14.2. The van der Waals surface area contributed by atoms with Crippen LogP contribution in [0.5, 0.6) is 5.75 Å². The molecule has 1 N–H and O–H groups in total. The number of halogens is 7. The van der Waals surface area contributed by atoms with Crippen LogP contribution in [0.25, 0.3) is 5.57 Å². The van der Waals surface area contributed by atoms with Gasteiger partial charge < -0.3 is 5.11 Å². The zero-order chi connectivity index (χ0) is 39.2. The molecule has 0 spiro atoms. The lowest BCUT2D eigenvalue weighted by atomic mass is 9.44. The minimum absolute atomic E-state index is 0.0586. The smallest absolute Gasteiger partial charge is 0.416 e. The van der Waals surface area contributed by atoms with Gasteiger partial charge in [0.2, 0.25) is 11.8 Å². The Morgan fingerprint density at radius 2 is 1.35 bits per heavy atom. The van der Waals surface area contributed by atoms with Gasteiger partial charge in [0.25, 0.3) is 0 Å². The molecule has 0 aromatic heterocycles. The highest BCUT2D eigenvalue weighted by atomic mass is 19.4. The molecule has 1 saturated carbocycles. The monoisotopic (exact) mass is 759 g/mol. The molecule has 8 rings (SSSR count). The lowest BCUT2D eigenvalue weighted by molar-refractivity contribution is -0.143. The molecule has 0 radical (unpaired) electrons. The van der Waals surface area contributed by atoms with E-state index in [1.807, 2.05) is 0 Å². The van der Waals surface area contributed by atoms with E-state index in [0.29, 0.717) is 33.7 Å². The Morgan fingerprint density at radius 1 is 0.727 bits per heavy atom. The normalized spacial score (nSPS) is 26.6. The molecule has 1 saturated heterocycles. The van der Waals surface area contributed by atoms with E-state index in [-0.39, 0.29) is 30.0 Å². The van der Waals surface area contributed by atoms with E-state index in [1.165, 1.54) is 18.2 Å². The molecular weight excluding hydrogens is 731 g/mol. The number of anilines is 1. The number of rotatable bonds is 4. The van der Waals surface area contributed by atoms with Crippen molar-refractivity contribution in [3.63, 3.8) is 0 Å². The van der Waals surface area contributed by atoms with E-state index in [4.69, 9.17) is 0 Å². The molecule has 4 aliphatic rings. The number of carbonyl (C=O) groups excluding carboxylic acids is 4. The van der Waals surface area contributed by atoms with E-state index >= 15 is 4.39 Å². The molecule has 2 amide bonds. The van der Waals surface area contributed by atoms with Gasteiger partial charge in [-0.25, -0.2) is 9.29 Å². The van der Waals surface area contributed by atoms with Gasteiger partial charge in [0, 0.05) is 23.0 Å². The van der Waals surface area contributed by atoms with Gasteiger partial charge in [-0.3, -0.25) is 19.2 Å². The fourth-order valence-corrected chi connectivity index (χ4v) is 9.31. The number of ketones is 2. The highest BCUT2D eigenvalue weighted by Crippen LogP contribution is 2.64. The standard InChI is InChI=1S/C42H28F7NO5/c43-32-13-7-12-28(37(32)53)35-26-14-15-27-34(39(55)50(38(27)54)25-17-23(41(44,45)46)16-24(18-25)42(47,48)49)30(26)19-31-36(52)29(21-8-3-1-4-9-21)20-33(51)40(31,35)22-10-5-2-6-11-22/h1-14,16-18,20,27,30-31,34-35,53H,15,19H2. The summed E-state index contributed by atoms with van der Waals surface area (Å²) in [7, 11) is 0. The zero-order valence-electron chi connectivity index (χ0n) is 28.4. The Kier molecular flexibility index (Phi) is 8.28. The van der Waals surface area contributed by atoms with Crippen LogP contribution < -0.4 is 4.90 Å². The number of phenolic OH excluding ortho intramolecular Hbond substituents is 1. The highest BCUT2D eigenvalue weighted by molar-refractivity contribution is 6.32. The first-order valence-electron chi connectivity index (χ1n) is 17.3. The van der Waals surface area contributed by atoms with Crippen molar-refractivity contribution in [3.05, 3.63) is 148 Å². The van der Waals surface area contributed by atoms with Crippen molar-refractivity contribution >= 4 is 34.6 Å². The number of Topliss-reactive ketones (excluding diaryl/α,β-unsaturated/α-hetero) is 1. The number of imide groups is 1. The topological polar surface area (TPSA) is 91.8 Å². The maximum atomic E-state index is 15.3. The average Bonchev–Trinajstić information content (AvgIpc) is 3.42. The van der Waals surface area contributed by atoms with Gasteiger partial charge in [0.05, 0.1) is 34.1 Å². The maximum Gasteiger partial charge on any atom is 0.416 e. The van der Waals surface area contributed by atoms with Gasteiger partial charge in [-0.1, -0.05) is 84.4 Å². The second-order valence-electron chi connectivity index (χ2n) is 14.2. The number of hydrogen-bond donors (Lipinski definition) is 1. The first-order chi connectivity index (χ1) is 26.0. The van der Waals surface area contributed by atoms with Crippen molar-refractivity contribution < 1.29 is 55.0 Å². The number of carbonyl (C=O) groups is 4. The van der Waals surface area contributed by atoms with Crippen LogP contribution >= 0.6 is 0 Å². The molecule has 13 heteroatoms. The number of allylic oxidation sites excluding steroid dienone is 4. The quantitative estimate of drug-likeness (QED) is 0.128. The number of nitrogens with zero attached hydrogens (tertiary/aromatic N) is 1. The van der Waals surface area contributed by atoms with Crippen LogP contribution in [-0.4, -0.2) is 28.5 Å². The molecule has 4 aromatic rings. The Bertz CT molecular complexity index is 2320. The fourth-order valence-electron chi connectivity index (χ4n) is 9.31.